The molecule has 0 spiro atoms. The van der Waals surface area contributed by atoms with Crippen molar-refractivity contribution in [2.45, 2.75) is 6.92 Å². The maximum absolute atomic E-state index is 10.3. The fourth-order valence-corrected chi connectivity index (χ4v) is 1.43. The van der Waals surface area contributed by atoms with Crippen LogP contribution in [0, 0.1) is 6.92 Å². The fourth-order valence-electron chi connectivity index (χ4n) is 0.953. The van der Waals surface area contributed by atoms with Gasteiger partial charge in [-0.3, -0.25) is 0 Å². The maximum Gasteiger partial charge on any atom is 0.404 e. The van der Waals surface area contributed by atoms with Gasteiger partial charge in [0, 0.05) is 6.07 Å². The van der Waals surface area contributed by atoms with E-state index in [1.54, 1.807) is 13.0 Å². The summed E-state index contributed by atoms with van der Waals surface area (Å²) in [6.07, 6.45) is -0.781. The molecule has 1 aromatic heterocycles. The van der Waals surface area contributed by atoms with Crippen LogP contribution in [0.15, 0.2) is 10.7 Å². The minimum atomic E-state index is -0.781. The van der Waals surface area contributed by atoms with Crippen molar-refractivity contribution in [3.05, 3.63) is 16.5 Å². The number of carbonyl (C=O) groups is 1. The summed E-state index contributed by atoms with van der Waals surface area (Å²) in [5, 5.41) is 2.97. The maximum atomic E-state index is 10.3. The van der Waals surface area contributed by atoms with Crippen molar-refractivity contribution >= 4 is 27.8 Å². The molecule has 0 aromatic carbocycles. The van der Waals surface area contributed by atoms with Crippen LogP contribution in [-0.4, -0.2) is 29.2 Å². The molecule has 1 amide bonds. The summed E-state index contributed by atoms with van der Waals surface area (Å²) in [4.78, 5) is 18.4. The second-order valence-electron chi connectivity index (χ2n) is 2.72. The van der Waals surface area contributed by atoms with Crippen LogP contribution in [0.25, 0.3) is 0 Å². The third-order valence-electron chi connectivity index (χ3n) is 1.46. The van der Waals surface area contributed by atoms with E-state index in [0.29, 0.717) is 22.8 Å². The lowest BCUT2D eigenvalue weighted by Gasteiger charge is -2.06. The number of hydrogen-bond acceptors (Lipinski definition) is 5. The summed E-state index contributed by atoms with van der Waals surface area (Å²) in [5.74, 6) is 1.32. The van der Waals surface area contributed by atoms with Crippen LogP contribution in [-0.2, 0) is 4.74 Å². The van der Waals surface area contributed by atoms with Crippen LogP contribution in [0.2, 0.25) is 0 Å². The van der Waals surface area contributed by atoms with Crippen LogP contribution in [0.1, 0.15) is 5.82 Å². The summed E-state index contributed by atoms with van der Waals surface area (Å²) in [7, 11) is 0. The van der Waals surface area contributed by atoms with Gasteiger partial charge in [0.1, 0.15) is 22.9 Å². The van der Waals surface area contributed by atoms with Crippen molar-refractivity contribution in [1.82, 2.24) is 9.97 Å². The average Bonchev–Trinajstić information content (AvgIpc) is 2.10. The molecule has 0 radical (unpaired) electrons. The van der Waals surface area contributed by atoms with Crippen molar-refractivity contribution in [1.29, 1.82) is 0 Å². The first kappa shape index (κ1) is 11.7. The van der Waals surface area contributed by atoms with Crippen LogP contribution in [0.3, 0.4) is 0 Å². The van der Waals surface area contributed by atoms with Gasteiger partial charge < -0.3 is 15.8 Å². The van der Waals surface area contributed by atoms with Crippen molar-refractivity contribution < 1.29 is 9.53 Å². The smallest absolute Gasteiger partial charge is 0.404 e. The minimum Gasteiger partial charge on any atom is -0.448 e. The van der Waals surface area contributed by atoms with Gasteiger partial charge in [-0.05, 0) is 22.9 Å². The zero-order valence-electron chi connectivity index (χ0n) is 8.16. The highest BCUT2D eigenvalue weighted by Gasteiger charge is 1.99. The van der Waals surface area contributed by atoms with Gasteiger partial charge in [-0.2, -0.15) is 0 Å². The quantitative estimate of drug-likeness (QED) is 0.633. The number of aryl methyl sites for hydroxylation is 1. The summed E-state index contributed by atoms with van der Waals surface area (Å²) in [6, 6.07) is 1.73. The van der Waals surface area contributed by atoms with Gasteiger partial charge in [-0.25, -0.2) is 14.8 Å². The molecule has 0 fully saturated rings. The standard InChI is InChI=1S/C8H11BrN4O2/c1-5-12-6(9)4-7(13-5)11-2-3-15-8(10)14/h4H,2-3H2,1H3,(H2,10,14)(H,11,12,13). The number of amides is 1. The number of halogens is 1. The fraction of sp³-hybridized carbons (Fsp3) is 0.375. The van der Waals surface area contributed by atoms with Crippen molar-refractivity contribution in [2.24, 2.45) is 5.73 Å². The zero-order valence-corrected chi connectivity index (χ0v) is 9.74. The van der Waals surface area contributed by atoms with Crippen molar-refractivity contribution in [3.63, 3.8) is 0 Å². The average molecular weight is 275 g/mol. The lowest BCUT2D eigenvalue weighted by molar-refractivity contribution is 0.161. The summed E-state index contributed by atoms with van der Waals surface area (Å²) < 4.78 is 5.25. The van der Waals surface area contributed by atoms with E-state index in [9.17, 15) is 4.79 Å². The van der Waals surface area contributed by atoms with Crippen LogP contribution in [0.4, 0.5) is 10.6 Å². The molecule has 0 bridgehead atoms. The molecular formula is C8H11BrN4O2. The number of aromatic nitrogens is 2. The molecule has 0 saturated heterocycles. The molecule has 0 unspecified atom stereocenters. The third kappa shape index (κ3) is 4.59. The number of nitrogens with two attached hydrogens (primary N) is 1. The lowest BCUT2D eigenvalue weighted by atomic mass is 10.5. The van der Waals surface area contributed by atoms with Gasteiger partial charge in [0.05, 0.1) is 6.54 Å². The Morgan fingerprint density at radius 2 is 2.40 bits per heavy atom. The first-order valence-corrected chi connectivity index (χ1v) is 5.04. The highest BCUT2D eigenvalue weighted by Crippen LogP contribution is 2.11. The van der Waals surface area contributed by atoms with Crippen LogP contribution in [0.5, 0.6) is 0 Å². The molecule has 15 heavy (non-hydrogen) atoms. The Balaban J connectivity index is 2.40. The number of rotatable bonds is 4. The number of carbonyl (C=O) groups excluding carboxylic acids is 1. The van der Waals surface area contributed by atoms with E-state index < -0.39 is 6.09 Å². The molecule has 1 rings (SSSR count). The second kappa shape index (κ2) is 5.50. The summed E-state index contributed by atoms with van der Waals surface area (Å²) >= 11 is 3.25. The number of hydrogen-bond donors (Lipinski definition) is 2. The minimum absolute atomic E-state index is 0.204. The van der Waals surface area contributed by atoms with E-state index >= 15 is 0 Å². The van der Waals surface area contributed by atoms with Crippen LogP contribution >= 0.6 is 15.9 Å². The number of ether oxygens (including phenoxy) is 1. The highest BCUT2D eigenvalue weighted by atomic mass is 79.9. The molecule has 0 atom stereocenters. The van der Waals surface area contributed by atoms with Gasteiger partial charge in [0.25, 0.3) is 0 Å². The Bertz CT molecular complexity index is 338. The normalized spacial score (nSPS) is 9.73. The van der Waals surface area contributed by atoms with E-state index in [1.807, 2.05) is 0 Å². The molecule has 0 saturated carbocycles. The number of primary amides is 1. The number of nitrogens with one attached hydrogen (secondary N) is 1. The van der Waals surface area contributed by atoms with Gasteiger partial charge >= 0.3 is 6.09 Å². The highest BCUT2D eigenvalue weighted by molar-refractivity contribution is 9.10. The number of anilines is 1. The van der Waals surface area contributed by atoms with E-state index in [4.69, 9.17) is 5.73 Å². The largest absolute Gasteiger partial charge is 0.448 e. The summed E-state index contributed by atoms with van der Waals surface area (Å²) in [6.45, 7) is 2.44. The first-order valence-electron chi connectivity index (χ1n) is 4.25. The Kier molecular flexibility index (Phi) is 4.29. The van der Waals surface area contributed by atoms with Crippen molar-refractivity contribution in [2.75, 3.05) is 18.5 Å². The molecule has 82 valence electrons. The molecular weight excluding hydrogens is 264 g/mol. The predicted octanol–water partition coefficient (Wildman–Crippen LogP) is 1.05. The molecule has 0 aliphatic carbocycles. The summed E-state index contributed by atoms with van der Waals surface area (Å²) in [5.41, 5.74) is 4.80. The molecule has 0 aliphatic heterocycles. The lowest BCUT2D eigenvalue weighted by Crippen LogP contribution is -2.18. The third-order valence-corrected chi connectivity index (χ3v) is 1.87. The molecule has 1 aromatic rings. The SMILES string of the molecule is Cc1nc(Br)cc(NCCOC(N)=O)n1. The Labute approximate surface area is 95.4 Å². The molecule has 3 N–H and O–H groups in total. The van der Waals surface area contributed by atoms with E-state index in [0.717, 1.165) is 0 Å². The molecule has 6 nitrogen and oxygen atoms in total. The van der Waals surface area contributed by atoms with Crippen LogP contribution < -0.4 is 11.1 Å². The molecule has 1 heterocycles. The monoisotopic (exact) mass is 274 g/mol. The Morgan fingerprint density at radius 3 is 3.00 bits per heavy atom. The van der Waals surface area contributed by atoms with Gasteiger partial charge in [-0.15, -0.1) is 0 Å². The number of nitrogens with zero attached hydrogens (tertiary/aromatic N) is 2. The molecule has 0 aliphatic rings. The Hall–Kier alpha value is -1.37. The van der Waals surface area contributed by atoms with Crippen molar-refractivity contribution in [3.8, 4) is 0 Å². The zero-order chi connectivity index (χ0) is 11.3. The Morgan fingerprint density at radius 1 is 1.67 bits per heavy atom. The molecule has 7 heteroatoms. The van der Waals surface area contributed by atoms with E-state index in [1.165, 1.54) is 0 Å². The topological polar surface area (TPSA) is 90.1 Å². The van der Waals surface area contributed by atoms with Gasteiger partial charge in [0.15, 0.2) is 0 Å². The van der Waals surface area contributed by atoms with E-state index in [-0.39, 0.29) is 6.61 Å². The predicted molar refractivity (Wildman–Crippen MR) is 58.5 cm³/mol. The van der Waals surface area contributed by atoms with E-state index in [2.05, 4.69) is 36.0 Å². The first-order chi connectivity index (χ1) is 7.08. The van der Waals surface area contributed by atoms with Gasteiger partial charge in [-0.1, -0.05) is 0 Å². The second-order valence-corrected chi connectivity index (χ2v) is 3.53. The van der Waals surface area contributed by atoms with Gasteiger partial charge in [0.2, 0.25) is 0 Å².